The fourth-order valence-electron chi connectivity index (χ4n) is 1.77. The Morgan fingerprint density at radius 3 is 2.29 bits per heavy atom. The molecule has 0 N–H and O–H groups in total. The molecule has 0 saturated heterocycles. The molecule has 0 spiro atoms. The lowest BCUT2D eigenvalue weighted by Gasteiger charge is -2.08. The number of carbonyl (C=O) groups excluding carboxylic acids is 1. The number of nitro benzene ring substituents is 2. The van der Waals surface area contributed by atoms with Crippen molar-refractivity contribution in [2.45, 2.75) is 0 Å². The van der Waals surface area contributed by atoms with Gasteiger partial charge in [-0.2, -0.15) is 5.01 Å². The van der Waals surface area contributed by atoms with Crippen LogP contribution < -0.4 is 9.57 Å². The molecule has 0 amide bonds. The van der Waals surface area contributed by atoms with Crippen molar-refractivity contribution in [3.63, 3.8) is 0 Å². The maximum atomic E-state index is 12.1. The minimum atomic E-state index is -0.994. The number of aromatic nitrogens is 1. The molecular formula is C14H12N6O8. The van der Waals surface area contributed by atoms with Gasteiger partial charge in [-0.05, 0) is 12.1 Å². The minimum Gasteiger partial charge on any atom is -0.569 e. The van der Waals surface area contributed by atoms with Crippen LogP contribution in [0.15, 0.2) is 41.9 Å². The van der Waals surface area contributed by atoms with Crippen LogP contribution in [0.1, 0.15) is 10.4 Å². The molecule has 0 bridgehead atoms. The number of ether oxygens (including phenoxy) is 1. The minimum absolute atomic E-state index is 0.0133. The van der Waals surface area contributed by atoms with Gasteiger partial charge in [0.05, 0.1) is 34.5 Å². The fourth-order valence-corrected chi connectivity index (χ4v) is 1.77. The zero-order valence-corrected chi connectivity index (χ0v) is 14.4. The van der Waals surface area contributed by atoms with Crippen molar-refractivity contribution in [3.05, 3.63) is 67.7 Å². The number of hydrogen-bond acceptors (Lipinski definition) is 10. The van der Waals surface area contributed by atoms with E-state index in [9.17, 15) is 30.2 Å². The number of esters is 1. The number of pyridine rings is 1. The summed E-state index contributed by atoms with van der Waals surface area (Å²) in [5, 5.41) is 37.8. The molecule has 0 aliphatic rings. The van der Waals surface area contributed by atoms with Crippen molar-refractivity contribution < 1.29 is 29.2 Å². The monoisotopic (exact) mass is 392 g/mol. The zero-order valence-electron chi connectivity index (χ0n) is 14.4. The third-order valence-corrected chi connectivity index (χ3v) is 3.09. The third kappa shape index (κ3) is 4.63. The highest BCUT2D eigenvalue weighted by molar-refractivity contribution is 5.91. The van der Waals surface area contributed by atoms with E-state index in [0.29, 0.717) is 6.07 Å². The number of hydrogen-bond donors (Lipinski definition) is 0. The lowest BCUT2D eigenvalue weighted by Crippen LogP contribution is -2.21. The van der Waals surface area contributed by atoms with E-state index in [2.05, 4.69) is 10.3 Å². The molecule has 2 aromatic rings. The Labute approximate surface area is 156 Å². The van der Waals surface area contributed by atoms with Crippen molar-refractivity contribution >= 4 is 17.3 Å². The Hall–Kier alpha value is -4.36. The number of rotatable bonds is 7. The van der Waals surface area contributed by atoms with Crippen LogP contribution in [0.25, 0.3) is 0 Å². The van der Waals surface area contributed by atoms with Gasteiger partial charge in [0.15, 0.2) is 0 Å². The van der Waals surface area contributed by atoms with Crippen LogP contribution in [0.2, 0.25) is 0 Å². The van der Waals surface area contributed by atoms with Crippen LogP contribution in [0.4, 0.5) is 11.4 Å². The van der Waals surface area contributed by atoms with E-state index in [4.69, 9.17) is 9.57 Å². The Morgan fingerprint density at radius 1 is 1.11 bits per heavy atom. The Balaban J connectivity index is 2.49. The van der Waals surface area contributed by atoms with Gasteiger partial charge in [0, 0.05) is 18.5 Å². The molecular weight excluding hydrogens is 380 g/mol. The van der Waals surface area contributed by atoms with Crippen LogP contribution in [-0.2, 0) is 0 Å². The van der Waals surface area contributed by atoms with E-state index in [1.165, 1.54) is 38.6 Å². The second-order valence-corrected chi connectivity index (χ2v) is 5.21. The first-order valence-corrected chi connectivity index (χ1v) is 7.32. The highest BCUT2D eigenvalue weighted by Crippen LogP contribution is 2.39. The van der Waals surface area contributed by atoms with Crippen LogP contribution in [0.5, 0.6) is 11.5 Å². The van der Waals surface area contributed by atoms with Crippen molar-refractivity contribution in [3.8, 4) is 11.5 Å². The molecule has 1 heterocycles. The van der Waals surface area contributed by atoms with Gasteiger partial charge >= 0.3 is 17.3 Å². The summed E-state index contributed by atoms with van der Waals surface area (Å²) in [4.78, 5) is 41.0. The molecule has 28 heavy (non-hydrogen) atoms. The van der Waals surface area contributed by atoms with E-state index in [1.807, 2.05) is 0 Å². The summed E-state index contributed by atoms with van der Waals surface area (Å²) in [6, 6.07) is 4.04. The average molecular weight is 392 g/mol. The lowest BCUT2D eigenvalue weighted by atomic mass is 10.2. The molecule has 0 fully saturated rings. The van der Waals surface area contributed by atoms with E-state index >= 15 is 0 Å². The van der Waals surface area contributed by atoms with Crippen molar-refractivity contribution in [2.75, 3.05) is 14.1 Å². The van der Waals surface area contributed by atoms with E-state index in [-0.39, 0.29) is 10.5 Å². The quantitative estimate of drug-likeness (QED) is 0.169. The standard InChI is InChI=1S/C14H12N6O8/c1-17(2)20(26)16-28-13-7-12(10(18(22)23)6-11(13)19(24)25)27-14(21)9-4-3-5-15-8-9/h3-8H,1-2H3/b20-16-. The summed E-state index contributed by atoms with van der Waals surface area (Å²) in [5.41, 5.74) is -1.73. The molecule has 1 aromatic heterocycles. The van der Waals surface area contributed by atoms with E-state index in [1.54, 1.807) is 0 Å². The maximum Gasteiger partial charge on any atom is 0.345 e. The van der Waals surface area contributed by atoms with Gasteiger partial charge in [-0.25, -0.2) is 4.79 Å². The Morgan fingerprint density at radius 2 is 1.75 bits per heavy atom. The molecule has 0 aliphatic heterocycles. The van der Waals surface area contributed by atoms with Gasteiger partial charge in [0.25, 0.3) is 0 Å². The van der Waals surface area contributed by atoms with E-state index in [0.717, 1.165) is 11.1 Å². The Kier molecular flexibility index (Phi) is 5.95. The summed E-state index contributed by atoms with van der Waals surface area (Å²) in [5.74, 6) is -2.28. The molecule has 0 aliphatic carbocycles. The lowest BCUT2D eigenvalue weighted by molar-refractivity contribution is -0.695. The molecule has 146 valence electrons. The molecule has 0 radical (unpaired) electrons. The van der Waals surface area contributed by atoms with Crippen LogP contribution in [0, 0.1) is 25.4 Å². The Bertz CT molecular complexity index is 946. The number of carbonyl (C=O) groups is 1. The smallest absolute Gasteiger partial charge is 0.345 e. The van der Waals surface area contributed by atoms with Crippen molar-refractivity contribution in [1.82, 2.24) is 9.99 Å². The van der Waals surface area contributed by atoms with Crippen LogP contribution in [0.3, 0.4) is 0 Å². The summed E-state index contributed by atoms with van der Waals surface area (Å²) < 4.78 is 4.96. The number of benzene rings is 1. The topological polar surface area (TPSA) is 176 Å². The molecule has 1 aromatic carbocycles. The highest BCUT2D eigenvalue weighted by Gasteiger charge is 2.29. The summed E-state index contributed by atoms with van der Waals surface area (Å²) >= 11 is 0. The van der Waals surface area contributed by atoms with Gasteiger partial charge in [0.2, 0.25) is 16.8 Å². The van der Waals surface area contributed by atoms with Gasteiger partial charge < -0.3 is 9.94 Å². The van der Waals surface area contributed by atoms with Crippen LogP contribution in [-0.4, -0.2) is 44.9 Å². The predicted octanol–water partition coefficient (Wildman–Crippen LogP) is 1.85. The fraction of sp³-hybridized carbons (Fsp3) is 0.143. The molecule has 14 nitrogen and oxygen atoms in total. The van der Waals surface area contributed by atoms with Gasteiger partial charge in [-0.1, -0.05) is 0 Å². The van der Waals surface area contributed by atoms with Gasteiger partial charge in [-0.3, -0.25) is 30.1 Å². The first-order chi connectivity index (χ1) is 13.2. The number of nitrogens with zero attached hydrogens (tertiary/aromatic N) is 6. The van der Waals surface area contributed by atoms with Crippen LogP contribution >= 0.6 is 0 Å². The third-order valence-electron chi connectivity index (χ3n) is 3.09. The average Bonchev–Trinajstić information content (AvgIpc) is 2.66. The SMILES string of the molecule is CN(C)/[N+]([O-])=N/Oc1cc(OC(=O)c2cccnc2)c([N+](=O)[O-])cc1[N+](=O)[O-]. The first kappa shape index (κ1) is 20.0. The molecule has 0 atom stereocenters. The van der Waals surface area contributed by atoms with Crippen molar-refractivity contribution in [2.24, 2.45) is 5.28 Å². The first-order valence-electron chi connectivity index (χ1n) is 7.32. The maximum absolute atomic E-state index is 12.1. The normalized spacial score (nSPS) is 10.9. The molecule has 2 rings (SSSR count). The molecule has 0 saturated carbocycles. The largest absolute Gasteiger partial charge is 0.569 e. The van der Waals surface area contributed by atoms with E-state index < -0.39 is 38.7 Å². The zero-order chi connectivity index (χ0) is 20.8. The number of nitro groups is 2. The molecule has 14 heteroatoms. The second kappa shape index (κ2) is 8.35. The highest BCUT2D eigenvalue weighted by atomic mass is 16.7. The summed E-state index contributed by atoms with van der Waals surface area (Å²) in [7, 11) is 2.65. The second-order valence-electron chi connectivity index (χ2n) is 5.21. The van der Waals surface area contributed by atoms with Gasteiger partial charge in [0.1, 0.15) is 6.07 Å². The number of hydrazine groups is 1. The van der Waals surface area contributed by atoms with Gasteiger partial charge in [-0.15, -0.1) is 0 Å². The molecule has 0 unspecified atom stereocenters. The summed E-state index contributed by atoms with van der Waals surface area (Å²) in [6.07, 6.45) is 2.57. The predicted molar refractivity (Wildman–Crippen MR) is 89.3 cm³/mol. The summed E-state index contributed by atoms with van der Waals surface area (Å²) in [6.45, 7) is 0. The van der Waals surface area contributed by atoms with Crippen molar-refractivity contribution in [1.29, 1.82) is 0 Å².